The highest BCUT2D eigenvalue weighted by molar-refractivity contribution is 6.35. The van der Waals surface area contributed by atoms with Crippen LogP contribution in [-0.2, 0) is 32.5 Å². The highest BCUT2D eigenvalue weighted by Gasteiger charge is 2.27. The lowest BCUT2D eigenvalue weighted by molar-refractivity contribution is 0.553. The molecule has 0 atom stereocenters. The van der Waals surface area contributed by atoms with Crippen molar-refractivity contribution in [3.8, 4) is 0 Å². The van der Waals surface area contributed by atoms with Crippen molar-refractivity contribution in [3.63, 3.8) is 0 Å². The average molecular weight is 545 g/mol. The lowest BCUT2D eigenvalue weighted by atomic mass is 9.75. The Bertz CT molecular complexity index is 945. The molecule has 0 aliphatic heterocycles. The number of hydrogen-bond donors (Lipinski definition) is 0. The molecule has 0 N–H and O–H groups in total. The monoisotopic (exact) mass is 544 g/mol. The fourth-order valence-corrected chi connectivity index (χ4v) is 6.72. The Morgan fingerprint density at radius 3 is 0.579 bits per heavy atom. The minimum absolute atomic E-state index is 0.179. The van der Waals surface area contributed by atoms with Crippen LogP contribution < -0.4 is 8.85 Å². The van der Waals surface area contributed by atoms with Crippen molar-refractivity contribution in [1.82, 2.24) is 0 Å². The molecule has 0 amide bonds. The van der Waals surface area contributed by atoms with Gasteiger partial charge in [-0.25, -0.2) is 0 Å². The van der Waals surface area contributed by atoms with Crippen molar-refractivity contribution in [1.29, 1.82) is 0 Å². The van der Waals surface area contributed by atoms with Gasteiger partial charge in [0.15, 0.2) is 32.6 Å². The van der Waals surface area contributed by atoms with Gasteiger partial charge in [0.25, 0.3) is 0 Å². The smallest absolute Gasteiger partial charge is 0.132 e. The summed E-state index contributed by atoms with van der Waals surface area (Å²) in [7, 11) is 0. The largest absolute Gasteiger partial charge is 0.176 e. The lowest BCUT2D eigenvalue weighted by Crippen LogP contribution is -2.32. The summed E-state index contributed by atoms with van der Waals surface area (Å²) in [5.41, 5.74) is 9.79. The van der Waals surface area contributed by atoms with Gasteiger partial charge in [0, 0.05) is 0 Å². The first kappa shape index (κ1) is 35.5. The molecule has 0 aromatic heterocycles. The molecule has 0 aliphatic carbocycles. The second-order valence-electron chi connectivity index (χ2n) is 17.5. The van der Waals surface area contributed by atoms with Crippen molar-refractivity contribution in [2.45, 2.75) is 157 Å². The van der Waals surface area contributed by atoms with E-state index < -0.39 is 0 Å². The first-order chi connectivity index (χ1) is 16.5. The maximum Gasteiger partial charge on any atom is 0.176 e. The van der Waals surface area contributed by atoms with Crippen molar-refractivity contribution in [2.75, 3.05) is 0 Å². The molecule has 2 heteroatoms. The predicted molar refractivity (Wildman–Crippen MR) is 176 cm³/mol. The van der Waals surface area contributed by atoms with Crippen molar-refractivity contribution in [2.24, 2.45) is 0 Å². The summed E-state index contributed by atoms with van der Waals surface area (Å²) in [6, 6.07) is 9.60. The molecule has 2 aromatic carbocycles. The fourth-order valence-electron chi connectivity index (χ4n) is 4.65. The maximum absolute atomic E-state index is 2.98. The molecule has 2 rings (SSSR count). The summed E-state index contributed by atoms with van der Waals surface area (Å²) < 4.78 is 2.76. The van der Waals surface area contributed by atoms with Gasteiger partial charge in [-0.2, -0.15) is 0 Å². The van der Waals surface area contributed by atoms with E-state index in [4.69, 9.17) is 0 Å². The van der Waals surface area contributed by atoms with Gasteiger partial charge in [0.05, 0.1) is 0 Å². The molecule has 0 saturated carbocycles. The molecule has 0 unspecified atom stereocenters. The highest BCUT2D eigenvalue weighted by atomic mass is 27.1. The van der Waals surface area contributed by atoms with Gasteiger partial charge in [0.2, 0.25) is 0 Å². The lowest BCUT2D eigenvalue weighted by Gasteiger charge is -2.33. The van der Waals surface area contributed by atoms with Crippen molar-refractivity contribution in [3.05, 3.63) is 57.6 Å². The van der Waals surface area contributed by atoms with Gasteiger partial charge in [-0.1, -0.05) is 171 Å². The first-order valence-electron chi connectivity index (χ1n) is 14.4. The zero-order chi connectivity index (χ0) is 30.4. The van der Waals surface area contributed by atoms with Crippen LogP contribution in [0.15, 0.2) is 24.3 Å². The second-order valence-corrected chi connectivity index (χ2v) is 18.6. The Hall–Kier alpha value is -0.495. The summed E-state index contributed by atoms with van der Waals surface area (Å²) in [4.78, 5) is 0. The van der Waals surface area contributed by atoms with Crippen LogP contribution in [0.1, 0.15) is 158 Å². The molecule has 4 radical (unpaired) electrons. The maximum atomic E-state index is 2.98. The van der Waals surface area contributed by atoms with Crippen LogP contribution in [0.25, 0.3) is 0 Å². The number of rotatable bonds is 0. The SMILES string of the molecule is CC(C)(C)c1cc(C(C)(C)C)[c]([Al])c(C(C)(C)C)c1.CC(C)(C)c1cc(C(C)(C)C)[c]([Al])c(C(C)(C)C)c1. The summed E-state index contributed by atoms with van der Waals surface area (Å²) in [5.74, 6) is 0. The van der Waals surface area contributed by atoms with Crippen LogP contribution in [0.3, 0.4) is 0 Å². The normalized spacial score (nSPS) is 13.7. The van der Waals surface area contributed by atoms with Crippen LogP contribution in [0, 0.1) is 0 Å². The molecule has 38 heavy (non-hydrogen) atoms. The summed E-state index contributed by atoms with van der Waals surface area (Å²) in [5, 5.41) is 0. The quantitative estimate of drug-likeness (QED) is 0.291. The zero-order valence-electron chi connectivity index (χ0n) is 28.5. The van der Waals surface area contributed by atoms with Crippen molar-refractivity contribution >= 4 is 41.4 Å². The topological polar surface area (TPSA) is 0 Å². The van der Waals surface area contributed by atoms with E-state index >= 15 is 0 Å². The molecule has 0 heterocycles. The standard InChI is InChI=1S/2C18H29.2Al/c2*1-16(2,3)13-10-14(17(4,5)6)12-15(11-13)18(7,8)9;;/h2*10-11H,1-9H3;;. The Kier molecular flexibility index (Phi) is 10.7. The van der Waals surface area contributed by atoms with Crippen LogP contribution in [-0.4, -0.2) is 32.6 Å². The molecule has 0 bridgehead atoms. The van der Waals surface area contributed by atoms with Gasteiger partial charge in [-0.05, 0) is 43.6 Å². The molecule has 0 saturated heterocycles. The molecule has 208 valence electrons. The van der Waals surface area contributed by atoms with Crippen LogP contribution in [0.2, 0.25) is 0 Å². The van der Waals surface area contributed by atoms with E-state index in [1.54, 1.807) is 0 Å². The first-order valence-corrected chi connectivity index (χ1v) is 15.5. The van der Waals surface area contributed by atoms with Crippen LogP contribution >= 0.6 is 0 Å². The van der Waals surface area contributed by atoms with E-state index in [0.717, 1.165) is 0 Å². The predicted octanol–water partition coefficient (Wildman–Crippen LogP) is 8.75. The molecular formula is C36H58Al2. The average Bonchev–Trinajstić information content (AvgIpc) is 2.63. The fraction of sp³-hybridized carbons (Fsp3) is 0.667. The molecule has 0 fully saturated rings. The van der Waals surface area contributed by atoms with E-state index in [2.05, 4.69) is 181 Å². The third kappa shape index (κ3) is 9.28. The molecule has 2 aromatic rings. The van der Waals surface area contributed by atoms with E-state index in [0.29, 0.717) is 0 Å². The zero-order valence-corrected chi connectivity index (χ0v) is 30.8. The van der Waals surface area contributed by atoms with E-state index in [-0.39, 0.29) is 32.5 Å². The summed E-state index contributed by atoms with van der Waals surface area (Å²) >= 11 is 5.96. The number of benzene rings is 2. The van der Waals surface area contributed by atoms with Crippen LogP contribution in [0.4, 0.5) is 0 Å². The minimum atomic E-state index is 0.179. The Labute approximate surface area is 255 Å². The van der Waals surface area contributed by atoms with Gasteiger partial charge in [-0.15, -0.1) is 8.85 Å². The Balaban J connectivity index is 0.000000380. The van der Waals surface area contributed by atoms with E-state index in [1.165, 1.54) is 42.2 Å². The van der Waals surface area contributed by atoms with Gasteiger partial charge >= 0.3 is 0 Å². The number of hydrogen-bond acceptors (Lipinski definition) is 0. The van der Waals surface area contributed by atoms with E-state index in [1.807, 2.05) is 0 Å². The van der Waals surface area contributed by atoms with E-state index in [9.17, 15) is 0 Å². The molecule has 0 aliphatic rings. The van der Waals surface area contributed by atoms with Gasteiger partial charge < -0.3 is 0 Å². The van der Waals surface area contributed by atoms with Crippen molar-refractivity contribution < 1.29 is 0 Å². The summed E-state index contributed by atoms with van der Waals surface area (Å²) in [6.07, 6.45) is 0. The minimum Gasteiger partial charge on any atom is -0.132 e. The van der Waals surface area contributed by atoms with Gasteiger partial charge in [-0.3, -0.25) is 0 Å². The van der Waals surface area contributed by atoms with Gasteiger partial charge in [0.1, 0.15) is 0 Å². The third-order valence-electron chi connectivity index (χ3n) is 7.32. The highest BCUT2D eigenvalue weighted by Crippen LogP contribution is 2.34. The van der Waals surface area contributed by atoms with Crippen LogP contribution in [0.5, 0.6) is 0 Å². The Morgan fingerprint density at radius 1 is 0.316 bits per heavy atom. The molecular weight excluding hydrogens is 486 g/mol. The summed E-state index contributed by atoms with van der Waals surface area (Å²) in [6.45, 7) is 41.4. The molecule has 0 nitrogen and oxygen atoms in total. The Morgan fingerprint density at radius 2 is 0.474 bits per heavy atom. The second kappa shape index (κ2) is 11.4. The molecule has 0 spiro atoms. The third-order valence-corrected chi connectivity index (χ3v) is 8.57.